The van der Waals surface area contributed by atoms with E-state index in [1.807, 2.05) is 10.8 Å². The van der Waals surface area contributed by atoms with Crippen molar-refractivity contribution in [3.05, 3.63) is 41.7 Å². The predicted molar refractivity (Wildman–Crippen MR) is 83.9 cm³/mol. The number of rotatable bonds is 6. The lowest BCUT2D eigenvalue weighted by atomic mass is 10.1. The van der Waals surface area contributed by atoms with Crippen molar-refractivity contribution in [2.45, 2.75) is 19.0 Å². The van der Waals surface area contributed by atoms with Gasteiger partial charge in [-0.15, -0.1) is 0 Å². The molecule has 0 atom stereocenters. The molecule has 0 saturated carbocycles. The minimum Gasteiger partial charge on any atom is -0.395 e. The number of nitrogens with one attached hydrogen (secondary N) is 1. The highest BCUT2D eigenvalue weighted by atomic mass is 32.2. The standard InChI is InChI=1S/C15H19N3O2S/c1-11-7-12(2)9-13(8-11)18-5-3-17-15(18)21-10-14(20)16-4-6-19/h3,5,7-9,19H,4,6,10H2,1-2H3,(H,16,20). The molecule has 2 N–H and O–H groups in total. The van der Waals surface area contributed by atoms with Gasteiger partial charge in [0.1, 0.15) is 0 Å². The molecule has 1 heterocycles. The molecule has 1 aromatic heterocycles. The van der Waals surface area contributed by atoms with Crippen LogP contribution in [0.15, 0.2) is 35.7 Å². The fraction of sp³-hybridized carbons (Fsp3) is 0.333. The number of aliphatic hydroxyl groups is 1. The number of nitrogens with zero attached hydrogens (tertiary/aromatic N) is 2. The average molecular weight is 305 g/mol. The van der Waals surface area contributed by atoms with E-state index in [2.05, 4.69) is 42.3 Å². The zero-order valence-electron chi connectivity index (χ0n) is 12.2. The Hall–Kier alpha value is -1.79. The zero-order valence-corrected chi connectivity index (χ0v) is 13.0. The zero-order chi connectivity index (χ0) is 15.2. The summed E-state index contributed by atoms with van der Waals surface area (Å²) in [5.41, 5.74) is 3.42. The molecule has 0 bridgehead atoms. The monoisotopic (exact) mass is 305 g/mol. The molecular weight excluding hydrogens is 286 g/mol. The van der Waals surface area contributed by atoms with Crippen molar-refractivity contribution < 1.29 is 9.90 Å². The van der Waals surface area contributed by atoms with E-state index in [4.69, 9.17) is 5.11 Å². The van der Waals surface area contributed by atoms with Crippen molar-refractivity contribution in [3.63, 3.8) is 0 Å². The van der Waals surface area contributed by atoms with Crippen LogP contribution >= 0.6 is 11.8 Å². The van der Waals surface area contributed by atoms with Crippen molar-refractivity contribution in [2.75, 3.05) is 18.9 Å². The van der Waals surface area contributed by atoms with Crippen LogP contribution in [0.25, 0.3) is 5.69 Å². The van der Waals surface area contributed by atoms with E-state index in [9.17, 15) is 4.79 Å². The Kier molecular flexibility index (Phi) is 5.41. The molecular formula is C15H19N3O2S. The van der Waals surface area contributed by atoms with Crippen LogP contribution < -0.4 is 5.32 Å². The van der Waals surface area contributed by atoms with Gasteiger partial charge < -0.3 is 10.4 Å². The van der Waals surface area contributed by atoms with Gasteiger partial charge in [-0.25, -0.2) is 4.98 Å². The number of aliphatic hydroxyl groups excluding tert-OH is 1. The van der Waals surface area contributed by atoms with Crippen LogP contribution in [0.1, 0.15) is 11.1 Å². The van der Waals surface area contributed by atoms with Gasteiger partial charge in [0.2, 0.25) is 5.91 Å². The van der Waals surface area contributed by atoms with E-state index in [-0.39, 0.29) is 24.8 Å². The van der Waals surface area contributed by atoms with E-state index in [0.717, 1.165) is 10.8 Å². The number of thioether (sulfide) groups is 1. The van der Waals surface area contributed by atoms with Gasteiger partial charge in [-0.05, 0) is 37.1 Å². The van der Waals surface area contributed by atoms with Gasteiger partial charge in [0.25, 0.3) is 0 Å². The molecule has 0 saturated heterocycles. The van der Waals surface area contributed by atoms with Crippen LogP contribution in [0.5, 0.6) is 0 Å². The highest BCUT2D eigenvalue weighted by Crippen LogP contribution is 2.21. The number of hydrogen-bond donors (Lipinski definition) is 2. The van der Waals surface area contributed by atoms with Gasteiger partial charge in [0.05, 0.1) is 12.4 Å². The third-order valence-electron chi connectivity index (χ3n) is 2.86. The highest BCUT2D eigenvalue weighted by molar-refractivity contribution is 7.99. The lowest BCUT2D eigenvalue weighted by Crippen LogP contribution is -2.28. The van der Waals surface area contributed by atoms with Crippen molar-refractivity contribution >= 4 is 17.7 Å². The first-order chi connectivity index (χ1) is 10.1. The molecule has 5 nitrogen and oxygen atoms in total. The Morgan fingerprint density at radius 1 is 1.33 bits per heavy atom. The van der Waals surface area contributed by atoms with E-state index in [1.165, 1.54) is 22.9 Å². The van der Waals surface area contributed by atoms with Crippen LogP contribution in [-0.4, -0.2) is 39.5 Å². The number of carbonyl (C=O) groups excluding carboxylic acids is 1. The molecule has 112 valence electrons. The topological polar surface area (TPSA) is 67.2 Å². The maximum atomic E-state index is 11.6. The Morgan fingerprint density at radius 2 is 2.05 bits per heavy atom. The number of carbonyl (C=O) groups is 1. The molecule has 1 aromatic carbocycles. The summed E-state index contributed by atoms with van der Waals surface area (Å²) in [5, 5.41) is 12.1. The summed E-state index contributed by atoms with van der Waals surface area (Å²) in [6.07, 6.45) is 3.62. The Labute approximate surface area is 128 Å². The number of hydrogen-bond acceptors (Lipinski definition) is 4. The van der Waals surface area contributed by atoms with Gasteiger partial charge in [-0.2, -0.15) is 0 Å². The normalized spacial score (nSPS) is 10.6. The Balaban J connectivity index is 2.10. The summed E-state index contributed by atoms with van der Waals surface area (Å²) < 4.78 is 1.98. The second-order valence-corrected chi connectivity index (χ2v) is 5.73. The second kappa shape index (κ2) is 7.28. The fourth-order valence-corrected chi connectivity index (χ4v) is 2.86. The predicted octanol–water partition coefficient (Wildman–Crippen LogP) is 1.69. The Bertz CT molecular complexity index is 605. The lowest BCUT2D eigenvalue weighted by molar-refractivity contribution is -0.118. The van der Waals surface area contributed by atoms with E-state index in [0.29, 0.717) is 0 Å². The molecule has 0 aliphatic carbocycles. The minimum atomic E-state index is -0.107. The maximum absolute atomic E-state index is 11.6. The SMILES string of the molecule is Cc1cc(C)cc(-n2ccnc2SCC(=O)NCCO)c1. The molecule has 0 radical (unpaired) electrons. The average Bonchev–Trinajstić information content (AvgIpc) is 2.90. The van der Waals surface area contributed by atoms with Crippen LogP contribution in [0.4, 0.5) is 0 Å². The van der Waals surface area contributed by atoms with Gasteiger partial charge in [0.15, 0.2) is 5.16 Å². The summed E-state index contributed by atoms with van der Waals surface area (Å²) in [6, 6.07) is 6.30. The molecule has 6 heteroatoms. The number of aryl methyl sites for hydroxylation is 2. The molecule has 0 unspecified atom stereocenters. The molecule has 21 heavy (non-hydrogen) atoms. The molecule has 0 aliphatic heterocycles. The van der Waals surface area contributed by atoms with E-state index >= 15 is 0 Å². The summed E-state index contributed by atoms with van der Waals surface area (Å²) in [7, 11) is 0. The fourth-order valence-electron chi connectivity index (χ4n) is 2.06. The molecule has 0 aliphatic rings. The van der Waals surface area contributed by atoms with E-state index in [1.54, 1.807) is 6.20 Å². The first kappa shape index (κ1) is 15.6. The highest BCUT2D eigenvalue weighted by Gasteiger charge is 2.09. The van der Waals surface area contributed by atoms with Crippen molar-refractivity contribution in [2.24, 2.45) is 0 Å². The number of amides is 1. The van der Waals surface area contributed by atoms with Crippen molar-refractivity contribution in [1.29, 1.82) is 0 Å². The summed E-state index contributed by atoms with van der Waals surface area (Å²) >= 11 is 1.38. The molecule has 2 rings (SSSR count). The summed E-state index contributed by atoms with van der Waals surface area (Å²) in [5.74, 6) is 0.172. The summed E-state index contributed by atoms with van der Waals surface area (Å²) in [6.45, 7) is 4.35. The second-order valence-electron chi connectivity index (χ2n) is 4.79. The lowest BCUT2D eigenvalue weighted by Gasteiger charge is -2.09. The Morgan fingerprint density at radius 3 is 2.71 bits per heavy atom. The third-order valence-corrected chi connectivity index (χ3v) is 3.82. The van der Waals surface area contributed by atoms with Crippen LogP contribution in [0, 0.1) is 13.8 Å². The van der Waals surface area contributed by atoms with Crippen molar-refractivity contribution in [3.8, 4) is 5.69 Å². The molecule has 1 amide bonds. The molecule has 2 aromatic rings. The minimum absolute atomic E-state index is 0.0480. The number of aromatic nitrogens is 2. The number of imidazole rings is 1. The molecule has 0 fully saturated rings. The van der Waals surface area contributed by atoms with Crippen LogP contribution in [-0.2, 0) is 4.79 Å². The van der Waals surface area contributed by atoms with E-state index < -0.39 is 0 Å². The van der Waals surface area contributed by atoms with Gasteiger partial charge >= 0.3 is 0 Å². The third kappa shape index (κ3) is 4.34. The number of benzene rings is 1. The summed E-state index contributed by atoms with van der Waals surface area (Å²) in [4.78, 5) is 15.9. The quantitative estimate of drug-likeness (QED) is 0.797. The van der Waals surface area contributed by atoms with Gasteiger partial charge in [0, 0.05) is 24.6 Å². The van der Waals surface area contributed by atoms with Crippen LogP contribution in [0.3, 0.4) is 0 Å². The van der Waals surface area contributed by atoms with Crippen molar-refractivity contribution in [1.82, 2.24) is 14.9 Å². The molecule has 0 spiro atoms. The first-order valence-corrected chi connectivity index (χ1v) is 7.71. The first-order valence-electron chi connectivity index (χ1n) is 6.72. The van der Waals surface area contributed by atoms with Gasteiger partial charge in [-0.1, -0.05) is 17.8 Å². The smallest absolute Gasteiger partial charge is 0.230 e. The maximum Gasteiger partial charge on any atom is 0.230 e. The van der Waals surface area contributed by atoms with Gasteiger partial charge in [-0.3, -0.25) is 9.36 Å². The largest absolute Gasteiger partial charge is 0.395 e. The van der Waals surface area contributed by atoms with Crippen LogP contribution in [0.2, 0.25) is 0 Å².